The third kappa shape index (κ3) is 4.30. The number of carbonyl (C=O) groups excluding carboxylic acids is 2. The molecule has 0 spiro atoms. The van der Waals surface area contributed by atoms with Crippen molar-refractivity contribution in [2.45, 2.75) is 25.8 Å². The number of carbonyl (C=O) groups is 2. The Bertz CT molecular complexity index is 809. The monoisotopic (exact) mass is 393 g/mol. The van der Waals surface area contributed by atoms with Crippen molar-refractivity contribution in [1.29, 1.82) is 0 Å². The third-order valence-corrected chi connectivity index (χ3v) is 4.82. The van der Waals surface area contributed by atoms with Gasteiger partial charge in [0.15, 0.2) is 5.69 Å². The van der Waals surface area contributed by atoms with Crippen LogP contribution in [0.4, 0.5) is 4.39 Å². The average Bonchev–Trinajstić information content (AvgIpc) is 3.13. The molecule has 1 atom stereocenters. The zero-order chi connectivity index (χ0) is 19.4. The van der Waals surface area contributed by atoms with Crippen molar-refractivity contribution in [2.75, 3.05) is 26.3 Å². The molecule has 1 fully saturated rings. The Morgan fingerprint density at radius 3 is 2.59 bits per heavy atom. The normalized spacial score (nSPS) is 17.2. The minimum atomic E-state index is -0.753. The molecule has 0 radical (unpaired) electrons. The van der Waals surface area contributed by atoms with Gasteiger partial charge in [0.05, 0.1) is 6.04 Å². The van der Waals surface area contributed by atoms with Gasteiger partial charge < -0.3 is 14.2 Å². The van der Waals surface area contributed by atoms with Gasteiger partial charge in [-0.2, -0.15) is 4.98 Å². The second-order valence-electron chi connectivity index (χ2n) is 6.49. The van der Waals surface area contributed by atoms with Crippen LogP contribution in [0, 0.1) is 0 Å². The maximum absolute atomic E-state index is 13.6. The fourth-order valence-corrected chi connectivity index (χ4v) is 3.36. The van der Waals surface area contributed by atoms with Gasteiger partial charge in [0, 0.05) is 25.2 Å². The summed E-state index contributed by atoms with van der Waals surface area (Å²) in [7, 11) is 0. The van der Waals surface area contributed by atoms with Crippen LogP contribution in [0.5, 0.6) is 0 Å². The predicted molar refractivity (Wildman–Crippen MR) is 98.7 cm³/mol. The van der Waals surface area contributed by atoms with E-state index in [1.807, 2.05) is 12.1 Å². The summed E-state index contributed by atoms with van der Waals surface area (Å²) in [5.74, 6) is -0.614. The Morgan fingerprint density at radius 2 is 2.00 bits per heavy atom. The molecule has 6 nitrogen and oxygen atoms in total. The summed E-state index contributed by atoms with van der Waals surface area (Å²) in [6, 6.07) is 6.75. The molecule has 0 bridgehead atoms. The van der Waals surface area contributed by atoms with Crippen LogP contribution in [0.1, 0.15) is 39.8 Å². The van der Waals surface area contributed by atoms with Gasteiger partial charge in [-0.05, 0) is 35.7 Å². The first-order valence-corrected chi connectivity index (χ1v) is 9.27. The number of piperazine rings is 1. The van der Waals surface area contributed by atoms with Crippen LogP contribution in [0.3, 0.4) is 0 Å². The number of halogens is 2. The van der Waals surface area contributed by atoms with E-state index in [4.69, 9.17) is 16.0 Å². The molecule has 27 heavy (non-hydrogen) atoms. The van der Waals surface area contributed by atoms with Gasteiger partial charge >= 0.3 is 0 Å². The molecule has 1 aromatic heterocycles. The maximum atomic E-state index is 13.6. The molecular formula is C19H21ClFN3O3. The summed E-state index contributed by atoms with van der Waals surface area (Å²) in [5, 5.41) is -0.143. The molecule has 144 valence electrons. The van der Waals surface area contributed by atoms with Crippen LogP contribution in [-0.2, 0) is 6.42 Å². The number of hydrogen-bond acceptors (Lipinski definition) is 4. The van der Waals surface area contributed by atoms with Crippen molar-refractivity contribution >= 4 is 23.4 Å². The first-order valence-electron chi connectivity index (χ1n) is 8.89. The Morgan fingerprint density at radius 1 is 1.26 bits per heavy atom. The third-order valence-electron chi connectivity index (χ3n) is 4.64. The first-order chi connectivity index (χ1) is 13.0. The van der Waals surface area contributed by atoms with E-state index < -0.39 is 18.6 Å². The van der Waals surface area contributed by atoms with Gasteiger partial charge in [-0.1, -0.05) is 25.5 Å². The molecule has 2 aromatic rings. The van der Waals surface area contributed by atoms with Crippen molar-refractivity contribution in [3.8, 4) is 0 Å². The molecule has 1 aliphatic rings. The molecule has 2 amide bonds. The minimum absolute atomic E-state index is 0.0322. The largest absolute Gasteiger partial charge is 0.435 e. The number of aromatic nitrogens is 1. The van der Waals surface area contributed by atoms with E-state index in [-0.39, 0.29) is 30.0 Å². The lowest BCUT2D eigenvalue weighted by Gasteiger charge is -2.40. The molecule has 1 saturated heterocycles. The van der Waals surface area contributed by atoms with Gasteiger partial charge in [0.2, 0.25) is 0 Å². The molecule has 0 aliphatic carbocycles. The number of benzene rings is 1. The second kappa shape index (κ2) is 8.52. The van der Waals surface area contributed by atoms with Crippen molar-refractivity contribution in [1.82, 2.24) is 14.8 Å². The van der Waals surface area contributed by atoms with Gasteiger partial charge in [0.1, 0.15) is 12.9 Å². The van der Waals surface area contributed by atoms with Gasteiger partial charge in [-0.25, -0.2) is 4.39 Å². The van der Waals surface area contributed by atoms with E-state index >= 15 is 0 Å². The molecule has 3 rings (SSSR count). The number of nitrogens with zero attached hydrogens (tertiary/aromatic N) is 3. The van der Waals surface area contributed by atoms with E-state index in [2.05, 4.69) is 11.9 Å². The lowest BCUT2D eigenvalue weighted by Crippen LogP contribution is -2.57. The van der Waals surface area contributed by atoms with E-state index in [0.29, 0.717) is 12.1 Å². The molecule has 0 N–H and O–H groups in total. The Labute approximate surface area is 161 Å². The van der Waals surface area contributed by atoms with E-state index in [1.54, 1.807) is 17.0 Å². The van der Waals surface area contributed by atoms with Crippen LogP contribution >= 0.6 is 11.6 Å². The van der Waals surface area contributed by atoms with Gasteiger partial charge in [0.25, 0.3) is 17.2 Å². The van der Waals surface area contributed by atoms with Crippen LogP contribution in [0.15, 0.2) is 34.9 Å². The molecule has 0 saturated carbocycles. The highest BCUT2D eigenvalue weighted by molar-refractivity contribution is 6.27. The van der Waals surface area contributed by atoms with Crippen LogP contribution < -0.4 is 0 Å². The number of hydrogen-bond donors (Lipinski definition) is 0. The summed E-state index contributed by atoms with van der Waals surface area (Å²) in [5.41, 5.74) is 1.78. The number of alkyl halides is 1. The fraction of sp³-hybridized carbons (Fsp3) is 0.421. The van der Waals surface area contributed by atoms with Gasteiger partial charge in [-0.15, -0.1) is 0 Å². The Hall–Kier alpha value is -2.41. The summed E-state index contributed by atoms with van der Waals surface area (Å²) >= 11 is 5.60. The van der Waals surface area contributed by atoms with Crippen molar-refractivity contribution in [2.24, 2.45) is 0 Å². The SMILES string of the molecule is CCCc1ccc(C(=O)N2CCN(C(=O)c3coc(Cl)n3)C(CF)C2)cc1. The fourth-order valence-electron chi connectivity index (χ4n) is 3.22. The van der Waals surface area contributed by atoms with Crippen LogP contribution in [0.25, 0.3) is 0 Å². The van der Waals surface area contributed by atoms with Crippen molar-refractivity contribution < 1.29 is 18.4 Å². The molecule has 1 aliphatic heterocycles. The smallest absolute Gasteiger partial charge is 0.292 e. The number of amides is 2. The zero-order valence-electron chi connectivity index (χ0n) is 15.0. The highest BCUT2D eigenvalue weighted by Gasteiger charge is 2.34. The molecule has 1 unspecified atom stereocenters. The van der Waals surface area contributed by atoms with Crippen molar-refractivity contribution in [3.05, 3.63) is 52.7 Å². The minimum Gasteiger partial charge on any atom is -0.435 e. The Balaban J connectivity index is 1.68. The summed E-state index contributed by atoms with van der Waals surface area (Å²) in [6.45, 7) is 2.02. The zero-order valence-corrected chi connectivity index (χ0v) is 15.8. The lowest BCUT2D eigenvalue weighted by molar-refractivity contribution is 0.0339. The van der Waals surface area contributed by atoms with E-state index in [0.717, 1.165) is 19.1 Å². The van der Waals surface area contributed by atoms with Crippen LogP contribution in [0.2, 0.25) is 5.35 Å². The number of oxazole rings is 1. The van der Waals surface area contributed by atoms with Crippen molar-refractivity contribution in [3.63, 3.8) is 0 Å². The molecular weight excluding hydrogens is 373 g/mol. The Kier molecular flexibility index (Phi) is 6.11. The second-order valence-corrected chi connectivity index (χ2v) is 6.81. The van der Waals surface area contributed by atoms with E-state index in [1.165, 1.54) is 10.5 Å². The molecule has 1 aromatic carbocycles. The topological polar surface area (TPSA) is 66.7 Å². The number of aryl methyl sites for hydroxylation is 1. The van der Waals surface area contributed by atoms with E-state index in [9.17, 15) is 14.0 Å². The highest BCUT2D eigenvalue weighted by atomic mass is 35.5. The summed E-state index contributed by atoms with van der Waals surface area (Å²) < 4.78 is 18.4. The standard InChI is InChI=1S/C19H21ClFN3O3/c1-2-3-13-4-6-14(7-5-13)17(25)23-8-9-24(15(10-21)11-23)18(26)16-12-27-19(20)22-16/h4-7,12,15H,2-3,8-11H2,1H3. The molecule has 2 heterocycles. The summed E-state index contributed by atoms with van der Waals surface area (Å²) in [6.07, 6.45) is 3.15. The van der Waals surface area contributed by atoms with Crippen LogP contribution in [-0.4, -0.2) is 58.9 Å². The number of rotatable bonds is 5. The highest BCUT2D eigenvalue weighted by Crippen LogP contribution is 2.18. The van der Waals surface area contributed by atoms with Gasteiger partial charge in [-0.3, -0.25) is 9.59 Å². The quantitative estimate of drug-likeness (QED) is 0.782. The molecule has 8 heteroatoms. The maximum Gasteiger partial charge on any atom is 0.292 e. The lowest BCUT2D eigenvalue weighted by atomic mass is 10.1. The summed E-state index contributed by atoms with van der Waals surface area (Å²) in [4.78, 5) is 32.0. The first kappa shape index (κ1) is 19.4. The average molecular weight is 394 g/mol. The predicted octanol–water partition coefficient (Wildman–Crippen LogP) is 3.22.